The number of likely N-dealkylation sites (tertiary alicyclic amines) is 1. The molecule has 2 N–H and O–H groups in total. The summed E-state index contributed by atoms with van der Waals surface area (Å²) >= 11 is 0. The van der Waals surface area contributed by atoms with E-state index in [0.717, 1.165) is 41.2 Å². The minimum absolute atomic E-state index is 0.554. The lowest BCUT2D eigenvalue weighted by molar-refractivity contribution is 0.136. The maximum absolute atomic E-state index is 6.21. The minimum Gasteiger partial charge on any atom is -0.493 e. The Labute approximate surface area is 179 Å². The van der Waals surface area contributed by atoms with E-state index < -0.39 is 0 Å². The van der Waals surface area contributed by atoms with Crippen LogP contribution in [0, 0.1) is 18.8 Å². The van der Waals surface area contributed by atoms with Crippen molar-refractivity contribution in [2.24, 2.45) is 11.8 Å². The molecule has 0 spiro atoms. The molecule has 4 rings (SSSR count). The van der Waals surface area contributed by atoms with Crippen LogP contribution in [0.1, 0.15) is 31.4 Å². The van der Waals surface area contributed by atoms with Gasteiger partial charge in [0.15, 0.2) is 11.5 Å². The fourth-order valence-electron chi connectivity index (χ4n) is 3.96. The van der Waals surface area contributed by atoms with Gasteiger partial charge in [-0.3, -0.25) is 0 Å². The lowest BCUT2D eigenvalue weighted by Gasteiger charge is -2.31. The number of nitrogens with one attached hydrogen (secondary N) is 2. The molecule has 2 heterocycles. The van der Waals surface area contributed by atoms with Crippen LogP contribution in [0.5, 0.6) is 11.5 Å². The van der Waals surface area contributed by atoms with Gasteiger partial charge in [-0.2, -0.15) is 4.98 Å². The van der Waals surface area contributed by atoms with Crippen LogP contribution in [-0.4, -0.2) is 55.3 Å². The van der Waals surface area contributed by atoms with E-state index in [-0.39, 0.29) is 0 Å². The van der Waals surface area contributed by atoms with Gasteiger partial charge in [0.2, 0.25) is 5.95 Å². The summed E-state index contributed by atoms with van der Waals surface area (Å²) in [5.74, 6) is 4.40. The van der Waals surface area contributed by atoms with Crippen molar-refractivity contribution in [3.63, 3.8) is 0 Å². The van der Waals surface area contributed by atoms with E-state index in [2.05, 4.69) is 25.5 Å². The molecule has 0 atom stereocenters. The maximum Gasteiger partial charge on any atom is 0.229 e. The molecule has 162 valence electrons. The minimum atomic E-state index is 0.554. The number of hydrogen-bond donors (Lipinski definition) is 2. The molecule has 1 aliphatic heterocycles. The van der Waals surface area contributed by atoms with Crippen LogP contribution in [0.2, 0.25) is 0 Å². The van der Waals surface area contributed by atoms with Gasteiger partial charge in [-0.25, -0.2) is 4.98 Å². The summed E-state index contributed by atoms with van der Waals surface area (Å²) in [6, 6.07) is 7.74. The SMILES string of the molecule is CNc1cc(C)nc(Nc2ccc(OC)c(OCC3CCN(CC4CC4)CC3)c2)n1. The molecule has 2 fully saturated rings. The summed E-state index contributed by atoms with van der Waals surface area (Å²) in [6.45, 7) is 6.36. The number of benzene rings is 1. The molecule has 1 aromatic heterocycles. The molecular weight excluding hydrogens is 378 g/mol. The third kappa shape index (κ3) is 5.53. The lowest BCUT2D eigenvalue weighted by Crippen LogP contribution is -2.36. The van der Waals surface area contributed by atoms with E-state index in [1.54, 1.807) is 7.11 Å². The van der Waals surface area contributed by atoms with Gasteiger partial charge in [-0.15, -0.1) is 0 Å². The number of aromatic nitrogens is 2. The predicted octanol–water partition coefficient (Wildman–Crippen LogP) is 4.08. The zero-order valence-electron chi connectivity index (χ0n) is 18.3. The normalized spacial score (nSPS) is 17.6. The van der Waals surface area contributed by atoms with Gasteiger partial charge in [-0.1, -0.05) is 0 Å². The Morgan fingerprint density at radius 2 is 1.83 bits per heavy atom. The van der Waals surface area contributed by atoms with Gasteiger partial charge in [0.1, 0.15) is 5.82 Å². The van der Waals surface area contributed by atoms with Crippen molar-refractivity contribution in [3.05, 3.63) is 30.0 Å². The summed E-state index contributed by atoms with van der Waals surface area (Å²) in [4.78, 5) is 11.5. The second kappa shape index (κ2) is 9.51. The Balaban J connectivity index is 1.36. The number of nitrogens with zero attached hydrogens (tertiary/aromatic N) is 3. The molecule has 1 saturated heterocycles. The lowest BCUT2D eigenvalue weighted by atomic mass is 9.97. The first-order chi connectivity index (χ1) is 14.6. The van der Waals surface area contributed by atoms with Crippen LogP contribution in [-0.2, 0) is 0 Å². The van der Waals surface area contributed by atoms with E-state index in [1.165, 1.54) is 45.3 Å². The number of rotatable bonds is 9. The Kier molecular flexibility index (Phi) is 6.57. The zero-order chi connectivity index (χ0) is 20.9. The highest BCUT2D eigenvalue weighted by Crippen LogP contribution is 2.33. The first kappa shape index (κ1) is 20.7. The van der Waals surface area contributed by atoms with E-state index in [1.807, 2.05) is 38.2 Å². The van der Waals surface area contributed by atoms with Crippen molar-refractivity contribution >= 4 is 17.5 Å². The van der Waals surface area contributed by atoms with Crippen molar-refractivity contribution in [2.75, 3.05) is 51.0 Å². The molecule has 1 aliphatic carbocycles. The molecule has 1 saturated carbocycles. The van der Waals surface area contributed by atoms with Gasteiger partial charge in [-0.05, 0) is 69.7 Å². The predicted molar refractivity (Wildman–Crippen MR) is 120 cm³/mol. The van der Waals surface area contributed by atoms with Gasteiger partial charge in [0.05, 0.1) is 13.7 Å². The molecule has 30 heavy (non-hydrogen) atoms. The summed E-state index contributed by atoms with van der Waals surface area (Å²) < 4.78 is 11.7. The Hall–Kier alpha value is -2.54. The number of methoxy groups -OCH3 is 1. The van der Waals surface area contributed by atoms with Gasteiger partial charge in [0, 0.05) is 37.1 Å². The van der Waals surface area contributed by atoms with E-state index >= 15 is 0 Å². The average Bonchev–Trinajstić information content (AvgIpc) is 3.57. The Morgan fingerprint density at radius 1 is 1.03 bits per heavy atom. The van der Waals surface area contributed by atoms with Crippen LogP contribution in [0.15, 0.2) is 24.3 Å². The van der Waals surface area contributed by atoms with Gasteiger partial charge < -0.3 is 25.0 Å². The fraction of sp³-hybridized carbons (Fsp3) is 0.565. The van der Waals surface area contributed by atoms with Gasteiger partial charge >= 0.3 is 0 Å². The first-order valence-electron chi connectivity index (χ1n) is 11.0. The van der Waals surface area contributed by atoms with Crippen LogP contribution >= 0.6 is 0 Å². The smallest absolute Gasteiger partial charge is 0.229 e. The molecular formula is C23H33N5O2. The maximum atomic E-state index is 6.21. The average molecular weight is 412 g/mol. The highest BCUT2D eigenvalue weighted by Gasteiger charge is 2.27. The topological polar surface area (TPSA) is 71.5 Å². The number of piperidine rings is 1. The van der Waals surface area contributed by atoms with Crippen LogP contribution in [0.25, 0.3) is 0 Å². The summed E-state index contributed by atoms with van der Waals surface area (Å²) in [5.41, 5.74) is 1.77. The molecule has 7 heteroatoms. The largest absolute Gasteiger partial charge is 0.493 e. The molecule has 0 unspecified atom stereocenters. The second-order valence-electron chi connectivity index (χ2n) is 8.46. The number of hydrogen-bond acceptors (Lipinski definition) is 7. The quantitative estimate of drug-likeness (QED) is 0.644. The van der Waals surface area contributed by atoms with Crippen molar-refractivity contribution in [1.29, 1.82) is 0 Å². The number of aryl methyl sites for hydroxylation is 1. The van der Waals surface area contributed by atoms with Crippen LogP contribution < -0.4 is 20.1 Å². The third-order valence-corrected chi connectivity index (χ3v) is 5.93. The van der Waals surface area contributed by atoms with Crippen molar-refractivity contribution in [3.8, 4) is 11.5 Å². The van der Waals surface area contributed by atoms with E-state index in [4.69, 9.17) is 9.47 Å². The van der Waals surface area contributed by atoms with Gasteiger partial charge in [0.25, 0.3) is 0 Å². The fourth-order valence-corrected chi connectivity index (χ4v) is 3.96. The standard InChI is InChI=1S/C23H33N5O2/c1-16-12-22(24-2)27-23(25-16)26-19-6-7-20(29-3)21(13-19)30-15-18-8-10-28(11-9-18)14-17-4-5-17/h6-7,12-13,17-18H,4-5,8-11,14-15H2,1-3H3,(H2,24,25,26,27). The third-order valence-electron chi connectivity index (χ3n) is 5.93. The van der Waals surface area contributed by atoms with Crippen molar-refractivity contribution in [1.82, 2.24) is 14.9 Å². The first-order valence-corrected chi connectivity index (χ1v) is 11.0. The van der Waals surface area contributed by atoms with Crippen molar-refractivity contribution in [2.45, 2.75) is 32.6 Å². The Bertz CT molecular complexity index is 847. The summed E-state index contributed by atoms with van der Waals surface area (Å²) in [5, 5.41) is 6.33. The number of ether oxygens (including phenoxy) is 2. The highest BCUT2D eigenvalue weighted by molar-refractivity contribution is 5.60. The summed E-state index contributed by atoms with van der Waals surface area (Å²) in [6.07, 6.45) is 5.27. The highest BCUT2D eigenvalue weighted by atomic mass is 16.5. The monoisotopic (exact) mass is 411 g/mol. The van der Waals surface area contributed by atoms with Crippen LogP contribution in [0.4, 0.5) is 17.5 Å². The second-order valence-corrected chi connectivity index (χ2v) is 8.46. The Morgan fingerprint density at radius 3 is 2.53 bits per heavy atom. The van der Waals surface area contributed by atoms with Crippen molar-refractivity contribution < 1.29 is 9.47 Å². The zero-order valence-corrected chi connectivity index (χ0v) is 18.3. The molecule has 0 amide bonds. The molecule has 2 aliphatic rings. The molecule has 0 bridgehead atoms. The number of anilines is 3. The summed E-state index contributed by atoms with van der Waals surface area (Å²) in [7, 11) is 3.52. The van der Waals surface area contributed by atoms with E-state index in [0.29, 0.717) is 11.9 Å². The van der Waals surface area contributed by atoms with E-state index in [9.17, 15) is 0 Å². The molecule has 2 aromatic rings. The molecule has 7 nitrogen and oxygen atoms in total. The molecule has 1 aromatic carbocycles. The van der Waals surface area contributed by atoms with Crippen LogP contribution in [0.3, 0.4) is 0 Å². The molecule has 0 radical (unpaired) electrons.